The molecule has 4 rings (SSSR count). The van der Waals surface area contributed by atoms with E-state index in [0.29, 0.717) is 49.1 Å². The number of nitrogens with one attached hydrogen (secondary N) is 1. The summed E-state index contributed by atoms with van der Waals surface area (Å²) in [5, 5.41) is 4.00. The third kappa shape index (κ3) is 7.53. The van der Waals surface area contributed by atoms with E-state index in [2.05, 4.69) is 10.2 Å². The van der Waals surface area contributed by atoms with Gasteiger partial charge in [0, 0.05) is 18.7 Å². The highest BCUT2D eigenvalue weighted by Crippen LogP contribution is 2.33. The Hall–Kier alpha value is -2.69. The summed E-state index contributed by atoms with van der Waals surface area (Å²) in [6.07, 6.45) is 4.14. The van der Waals surface area contributed by atoms with Gasteiger partial charge in [0.1, 0.15) is 24.8 Å². The van der Waals surface area contributed by atoms with Gasteiger partial charge < -0.3 is 24.4 Å². The minimum absolute atomic E-state index is 0.0396. The second kappa shape index (κ2) is 14.8. The van der Waals surface area contributed by atoms with Crippen LogP contribution in [-0.2, 0) is 22.3 Å². The normalized spacial score (nSPS) is 19.6. The van der Waals surface area contributed by atoms with Gasteiger partial charge in [0.15, 0.2) is 0 Å². The van der Waals surface area contributed by atoms with Crippen LogP contribution in [0.25, 0.3) is 11.3 Å². The van der Waals surface area contributed by atoms with Crippen molar-refractivity contribution in [2.75, 3.05) is 65.0 Å². The fourth-order valence-electron chi connectivity index (χ4n) is 5.28. The first-order valence-electron chi connectivity index (χ1n) is 14.3. The highest BCUT2D eigenvalue weighted by molar-refractivity contribution is 6.33. The number of hydrogen-bond donors (Lipinski definition) is 1. The highest BCUT2D eigenvalue weighted by atomic mass is 35.5. The van der Waals surface area contributed by atoms with Gasteiger partial charge in [-0.2, -0.15) is 0 Å². The number of hydrogen-bond acceptors (Lipinski definition) is 8. The van der Waals surface area contributed by atoms with Crippen LogP contribution in [0, 0.1) is 0 Å². The number of anilines is 1. The Labute approximate surface area is 241 Å². The number of piperidine rings is 1. The number of ether oxygens (including phenoxy) is 3. The Morgan fingerprint density at radius 2 is 1.88 bits per heavy atom. The number of aromatic nitrogens is 2. The number of alkyl halides is 1. The second-order valence-corrected chi connectivity index (χ2v) is 10.5. The van der Waals surface area contributed by atoms with Crippen LogP contribution in [0.1, 0.15) is 44.5 Å². The average molecular weight is 578 g/mol. The van der Waals surface area contributed by atoms with Crippen LogP contribution in [-0.4, -0.2) is 97.7 Å². The van der Waals surface area contributed by atoms with E-state index in [1.165, 1.54) is 19.3 Å². The van der Waals surface area contributed by atoms with Gasteiger partial charge in [-0.1, -0.05) is 31.9 Å². The number of methoxy groups -OCH3 is 1. The third-order valence-corrected chi connectivity index (χ3v) is 7.79. The number of likely N-dealkylation sites (tertiary alicyclic amines) is 2. The minimum atomic E-state index is -0.596. The number of halogens is 2. The van der Waals surface area contributed by atoms with E-state index in [1.54, 1.807) is 18.1 Å². The standard InChI is InChI=1S/C29H41ClFN5O4/c1-4-23-27(21-10-9-20(38-3)17-22(21)30)32-24(5-2)28(33-23)34-25-18-36(19-26(25)39-15-11-31)29(37)40-16-14-35-12-7-6-8-13-35/h9-10,17,25-26H,4-8,11-16,18-19H2,1-3H3,(H,33,34)/t25-,26+/m1/s1. The first-order chi connectivity index (χ1) is 19.5. The summed E-state index contributed by atoms with van der Waals surface area (Å²) in [5.74, 6) is 1.30. The maximum Gasteiger partial charge on any atom is 0.409 e. The first kappa shape index (κ1) is 30.3. The Balaban J connectivity index is 1.48. The average Bonchev–Trinajstić information content (AvgIpc) is 3.38. The summed E-state index contributed by atoms with van der Waals surface area (Å²) in [4.78, 5) is 26.7. The maximum absolute atomic E-state index is 13.0. The van der Waals surface area contributed by atoms with Crippen molar-refractivity contribution in [3.63, 3.8) is 0 Å². The smallest absolute Gasteiger partial charge is 0.409 e. The molecule has 1 aromatic carbocycles. The molecule has 1 amide bonds. The van der Waals surface area contributed by atoms with Gasteiger partial charge in [0.05, 0.1) is 54.5 Å². The van der Waals surface area contributed by atoms with Gasteiger partial charge in [-0.25, -0.2) is 19.2 Å². The fourth-order valence-corrected chi connectivity index (χ4v) is 5.54. The van der Waals surface area contributed by atoms with E-state index < -0.39 is 12.8 Å². The highest BCUT2D eigenvalue weighted by Gasteiger charge is 2.37. The number of carbonyl (C=O) groups is 1. The van der Waals surface area contributed by atoms with Crippen molar-refractivity contribution in [1.82, 2.24) is 19.8 Å². The molecule has 0 spiro atoms. The molecule has 3 heterocycles. The molecular formula is C29H41ClFN5O4. The molecule has 40 heavy (non-hydrogen) atoms. The van der Waals surface area contributed by atoms with Crippen molar-refractivity contribution >= 4 is 23.5 Å². The zero-order valence-corrected chi connectivity index (χ0v) is 24.5. The van der Waals surface area contributed by atoms with Crippen LogP contribution >= 0.6 is 11.6 Å². The number of amides is 1. The second-order valence-electron chi connectivity index (χ2n) is 10.1. The summed E-state index contributed by atoms with van der Waals surface area (Å²) in [7, 11) is 1.60. The molecule has 0 radical (unpaired) electrons. The molecule has 2 saturated heterocycles. The molecule has 0 unspecified atom stereocenters. The molecule has 2 aliphatic heterocycles. The number of aryl methyl sites for hydroxylation is 2. The van der Waals surface area contributed by atoms with Crippen molar-refractivity contribution in [3.8, 4) is 17.0 Å². The van der Waals surface area contributed by atoms with E-state index in [-0.39, 0.29) is 18.7 Å². The van der Waals surface area contributed by atoms with Gasteiger partial charge in [-0.15, -0.1) is 0 Å². The van der Waals surface area contributed by atoms with Crippen LogP contribution in [0.3, 0.4) is 0 Å². The first-order valence-corrected chi connectivity index (χ1v) is 14.7. The number of benzene rings is 1. The number of rotatable bonds is 12. The van der Waals surface area contributed by atoms with E-state index in [1.807, 2.05) is 26.0 Å². The summed E-state index contributed by atoms with van der Waals surface area (Å²) in [6, 6.07) is 5.22. The predicted molar refractivity (Wildman–Crippen MR) is 154 cm³/mol. The van der Waals surface area contributed by atoms with Crippen molar-refractivity contribution in [2.45, 2.75) is 58.1 Å². The Bertz CT molecular complexity index is 1130. The predicted octanol–water partition coefficient (Wildman–Crippen LogP) is 5.00. The molecule has 2 aliphatic rings. The van der Waals surface area contributed by atoms with Crippen molar-refractivity contribution in [3.05, 3.63) is 34.6 Å². The van der Waals surface area contributed by atoms with Crippen LogP contribution < -0.4 is 10.1 Å². The van der Waals surface area contributed by atoms with Crippen molar-refractivity contribution in [2.24, 2.45) is 0 Å². The van der Waals surface area contributed by atoms with E-state index in [9.17, 15) is 9.18 Å². The lowest BCUT2D eigenvalue weighted by molar-refractivity contribution is 0.0420. The van der Waals surface area contributed by atoms with Gasteiger partial charge in [-0.3, -0.25) is 4.90 Å². The van der Waals surface area contributed by atoms with Crippen molar-refractivity contribution in [1.29, 1.82) is 0 Å². The molecule has 2 atom stereocenters. The molecule has 11 heteroatoms. The van der Waals surface area contributed by atoms with Gasteiger partial charge in [0.25, 0.3) is 0 Å². The summed E-state index contributed by atoms with van der Waals surface area (Å²) >= 11 is 6.58. The van der Waals surface area contributed by atoms with Gasteiger partial charge in [-0.05, 0) is 57.0 Å². The molecule has 1 aromatic heterocycles. The number of nitrogens with zero attached hydrogens (tertiary/aromatic N) is 4. The molecule has 0 saturated carbocycles. The van der Waals surface area contributed by atoms with Gasteiger partial charge in [0.2, 0.25) is 0 Å². The number of carbonyl (C=O) groups excluding carboxylic acids is 1. The molecule has 0 bridgehead atoms. The summed E-state index contributed by atoms with van der Waals surface area (Å²) in [6.45, 7) is 7.26. The molecule has 1 N–H and O–H groups in total. The Morgan fingerprint density at radius 3 is 2.55 bits per heavy atom. The monoisotopic (exact) mass is 577 g/mol. The van der Waals surface area contributed by atoms with Crippen molar-refractivity contribution < 1.29 is 23.4 Å². The largest absolute Gasteiger partial charge is 0.497 e. The fraction of sp³-hybridized carbons (Fsp3) is 0.621. The zero-order valence-electron chi connectivity index (χ0n) is 23.8. The summed E-state index contributed by atoms with van der Waals surface area (Å²) < 4.78 is 29.7. The van der Waals surface area contributed by atoms with E-state index in [4.69, 9.17) is 35.8 Å². The molecule has 2 fully saturated rings. The lowest BCUT2D eigenvalue weighted by Gasteiger charge is -2.26. The molecular weight excluding hydrogens is 537 g/mol. The molecule has 9 nitrogen and oxygen atoms in total. The minimum Gasteiger partial charge on any atom is -0.497 e. The SMILES string of the molecule is CCc1nc(-c2ccc(OC)cc2Cl)c(CC)nc1N[C@@H]1CN(C(=O)OCCN2CCCCC2)C[C@@H]1OCCF. The third-order valence-electron chi connectivity index (χ3n) is 7.48. The van der Waals surface area contributed by atoms with Crippen LogP contribution in [0.15, 0.2) is 18.2 Å². The lowest BCUT2D eigenvalue weighted by atomic mass is 10.1. The Kier molecular flexibility index (Phi) is 11.2. The molecule has 2 aromatic rings. The maximum atomic E-state index is 13.0. The summed E-state index contributed by atoms with van der Waals surface area (Å²) in [5.41, 5.74) is 3.08. The van der Waals surface area contributed by atoms with Crippen LogP contribution in [0.5, 0.6) is 5.75 Å². The van der Waals surface area contributed by atoms with Crippen LogP contribution in [0.2, 0.25) is 5.02 Å². The van der Waals surface area contributed by atoms with E-state index in [0.717, 1.165) is 42.3 Å². The molecule has 220 valence electrons. The van der Waals surface area contributed by atoms with Gasteiger partial charge >= 0.3 is 6.09 Å². The lowest BCUT2D eigenvalue weighted by Crippen LogP contribution is -2.36. The van der Waals surface area contributed by atoms with Crippen LogP contribution in [0.4, 0.5) is 15.0 Å². The van der Waals surface area contributed by atoms with E-state index >= 15 is 0 Å². The topological polar surface area (TPSA) is 89.1 Å². The Morgan fingerprint density at radius 1 is 1.10 bits per heavy atom. The zero-order chi connectivity index (χ0) is 28.5. The molecule has 0 aliphatic carbocycles. The quantitative estimate of drug-likeness (QED) is 0.377.